The van der Waals surface area contributed by atoms with Crippen molar-refractivity contribution in [3.63, 3.8) is 0 Å². The van der Waals surface area contributed by atoms with Gasteiger partial charge in [-0.3, -0.25) is 19.2 Å². The molecule has 2 atom stereocenters. The van der Waals surface area contributed by atoms with Crippen molar-refractivity contribution in [3.8, 4) is 0 Å². The van der Waals surface area contributed by atoms with Crippen LogP contribution in [0.3, 0.4) is 0 Å². The third-order valence-electron chi connectivity index (χ3n) is 7.53. The minimum absolute atomic E-state index is 0.146. The lowest BCUT2D eigenvalue weighted by atomic mass is 9.39. The summed E-state index contributed by atoms with van der Waals surface area (Å²) in [5, 5.41) is 0. The molecule has 2 aromatic carbocycles. The van der Waals surface area contributed by atoms with Crippen LogP contribution in [0.25, 0.3) is 0 Å². The van der Waals surface area contributed by atoms with Crippen LogP contribution in [0.4, 0.5) is 11.4 Å². The standard InChI is InChI=1S/C28H30Br2N2O8/c1-5-37-23(33)27(24(34)38-6-2)21-13-9-17(29)20(32)12-16(13)22(14-10-18(30)19(31)11-15(14)21)28(27,25(35)39-7-3)26(36)40-8-4/h9-12,21-22H,5-8,31-32H2,1-4H3/t21-,22-/m0/s1. The zero-order valence-corrected chi connectivity index (χ0v) is 25.6. The second kappa shape index (κ2) is 11.0. The monoisotopic (exact) mass is 680 g/mol. The molecule has 0 aliphatic heterocycles. The lowest BCUT2D eigenvalue weighted by Crippen LogP contribution is -2.71. The van der Waals surface area contributed by atoms with E-state index >= 15 is 0 Å². The van der Waals surface area contributed by atoms with Crippen LogP contribution in [0.2, 0.25) is 0 Å². The van der Waals surface area contributed by atoms with Crippen molar-refractivity contribution in [2.45, 2.75) is 39.5 Å². The fourth-order valence-corrected chi connectivity index (χ4v) is 6.95. The molecule has 2 aromatic rings. The predicted octanol–water partition coefficient (Wildman–Crippen LogP) is 4.19. The zero-order valence-electron chi connectivity index (χ0n) is 22.5. The van der Waals surface area contributed by atoms with Gasteiger partial charge in [0.15, 0.2) is 0 Å². The first-order valence-corrected chi connectivity index (χ1v) is 14.4. The Morgan fingerprint density at radius 2 is 0.850 bits per heavy atom. The molecule has 0 aromatic heterocycles. The average molecular weight is 682 g/mol. The Kier molecular flexibility index (Phi) is 8.24. The van der Waals surface area contributed by atoms with Crippen LogP contribution in [-0.4, -0.2) is 50.3 Å². The lowest BCUT2D eigenvalue weighted by molar-refractivity contribution is -0.210. The molecule has 3 aliphatic carbocycles. The maximum absolute atomic E-state index is 14.4. The number of nitrogen functional groups attached to an aromatic ring is 2. The third-order valence-corrected chi connectivity index (χ3v) is 8.90. The van der Waals surface area contributed by atoms with Gasteiger partial charge < -0.3 is 30.4 Å². The second-order valence-electron chi connectivity index (χ2n) is 9.37. The summed E-state index contributed by atoms with van der Waals surface area (Å²) in [6.45, 7) is 5.65. The van der Waals surface area contributed by atoms with Crippen LogP contribution < -0.4 is 11.5 Å². The number of halogens is 2. The largest absolute Gasteiger partial charge is 0.465 e. The highest BCUT2D eigenvalue weighted by Gasteiger charge is 2.83. The third kappa shape index (κ3) is 3.86. The van der Waals surface area contributed by atoms with Gasteiger partial charge in [-0.2, -0.15) is 0 Å². The van der Waals surface area contributed by atoms with Crippen LogP contribution >= 0.6 is 31.9 Å². The van der Waals surface area contributed by atoms with E-state index in [2.05, 4.69) is 31.9 Å². The first-order valence-electron chi connectivity index (χ1n) is 12.9. The van der Waals surface area contributed by atoms with E-state index in [9.17, 15) is 19.2 Å². The van der Waals surface area contributed by atoms with Gasteiger partial charge >= 0.3 is 23.9 Å². The molecular weight excluding hydrogens is 652 g/mol. The Labute approximate surface area is 248 Å². The molecule has 0 saturated carbocycles. The highest BCUT2D eigenvalue weighted by atomic mass is 79.9. The Balaban J connectivity index is 2.35. The maximum atomic E-state index is 14.4. The number of hydrogen-bond acceptors (Lipinski definition) is 10. The molecule has 214 valence electrons. The second-order valence-corrected chi connectivity index (χ2v) is 11.1. The van der Waals surface area contributed by atoms with E-state index in [4.69, 9.17) is 30.4 Å². The van der Waals surface area contributed by atoms with Crippen molar-refractivity contribution in [3.05, 3.63) is 55.5 Å². The van der Waals surface area contributed by atoms with Crippen LogP contribution in [0.1, 0.15) is 61.8 Å². The highest BCUT2D eigenvalue weighted by molar-refractivity contribution is 9.11. The van der Waals surface area contributed by atoms with Gasteiger partial charge in [-0.1, -0.05) is 0 Å². The molecule has 0 heterocycles. The first-order chi connectivity index (χ1) is 19.0. The molecule has 10 nitrogen and oxygen atoms in total. The van der Waals surface area contributed by atoms with Crippen molar-refractivity contribution in [1.82, 2.24) is 0 Å². The fraction of sp³-hybridized carbons (Fsp3) is 0.429. The van der Waals surface area contributed by atoms with Crippen molar-refractivity contribution in [2.24, 2.45) is 10.8 Å². The number of esters is 4. The minimum Gasteiger partial charge on any atom is -0.465 e. The summed E-state index contributed by atoms with van der Waals surface area (Å²) >= 11 is 6.90. The lowest BCUT2D eigenvalue weighted by Gasteiger charge is -2.58. The molecule has 0 amide bonds. The maximum Gasteiger partial charge on any atom is 0.326 e. The summed E-state index contributed by atoms with van der Waals surface area (Å²) in [5.41, 5.74) is 9.97. The van der Waals surface area contributed by atoms with E-state index < -0.39 is 46.5 Å². The fourth-order valence-electron chi connectivity index (χ4n) is 6.23. The number of ether oxygens (including phenoxy) is 4. The summed E-state index contributed by atoms with van der Waals surface area (Å²) in [6.07, 6.45) is 0. The van der Waals surface area contributed by atoms with Crippen molar-refractivity contribution in [2.75, 3.05) is 37.9 Å². The number of rotatable bonds is 8. The Hall–Kier alpha value is -3.12. The smallest absolute Gasteiger partial charge is 0.326 e. The van der Waals surface area contributed by atoms with E-state index in [0.717, 1.165) is 0 Å². The molecule has 4 N–H and O–H groups in total. The molecule has 0 fully saturated rings. The normalized spacial score (nSPS) is 19.1. The molecule has 3 aliphatic rings. The van der Waals surface area contributed by atoms with E-state index in [1.54, 1.807) is 52.0 Å². The number of hydrogen-bond donors (Lipinski definition) is 2. The predicted molar refractivity (Wildman–Crippen MR) is 152 cm³/mol. The van der Waals surface area contributed by atoms with E-state index in [1.165, 1.54) is 0 Å². The molecule has 0 unspecified atom stereocenters. The number of benzene rings is 2. The number of nitrogens with two attached hydrogens (primary N) is 2. The molecule has 0 spiro atoms. The molecule has 2 bridgehead atoms. The van der Waals surface area contributed by atoms with Gasteiger partial charge in [0.1, 0.15) is 0 Å². The summed E-state index contributed by atoms with van der Waals surface area (Å²) < 4.78 is 23.1. The molecule has 0 radical (unpaired) electrons. The van der Waals surface area contributed by atoms with Gasteiger partial charge in [0.25, 0.3) is 0 Å². The average Bonchev–Trinajstić information content (AvgIpc) is 2.90. The van der Waals surface area contributed by atoms with Gasteiger partial charge in [0, 0.05) is 32.2 Å². The van der Waals surface area contributed by atoms with Crippen molar-refractivity contribution in [1.29, 1.82) is 0 Å². The van der Waals surface area contributed by atoms with E-state index in [0.29, 0.717) is 42.6 Å². The van der Waals surface area contributed by atoms with Crippen LogP contribution in [0.5, 0.6) is 0 Å². The van der Waals surface area contributed by atoms with Crippen molar-refractivity contribution < 1.29 is 38.1 Å². The molecule has 40 heavy (non-hydrogen) atoms. The zero-order chi connectivity index (χ0) is 29.6. The van der Waals surface area contributed by atoms with Crippen molar-refractivity contribution >= 4 is 67.1 Å². The first kappa shape index (κ1) is 29.9. The van der Waals surface area contributed by atoms with Gasteiger partial charge in [0.2, 0.25) is 10.8 Å². The highest BCUT2D eigenvalue weighted by Crippen LogP contribution is 2.72. The van der Waals surface area contributed by atoms with E-state index in [-0.39, 0.29) is 26.4 Å². The van der Waals surface area contributed by atoms with Gasteiger partial charge in [-0.15, -0.1) is 0 Å². The van der Waals surface area contributed by atoms with Crippen LogP contribution in [0, 0.1) is 10.8 Å². The molecule has 12 heteroatoms. The minimum atomic E-state index is -2.57. The Bertz CT molecular complexity index is 1210. The Morgan fingerprint density at radius 1 is 0.600 bits per heavy atom. The summed E-state index contributed by atoms with van der Waals surface area (Å²) in [5.74, 6) is -6.99. The van der Waals surface area contributed by atoms with Crippen LogP contribution in [-0.2, 0) is 38.1 Å². The van der Waals surface area contributed by atoms with Gasteiger partial charge in [0.05, 0.1) is 26.4 Å². The number of fused-ring (bicyclic) bond motifs is 1. The van der Waals surface area contributed by atoms with Gasteiger partial charge in [-0.05, 0) is 106 Å². The quantitative estimate of drug-likeness (QED) is 0.179. The topological polar surface area (TPSA) is 157 Å². The van der Waals surface area contributed by atoms with Gasteiger partial charge in [-0.25, -0.2) is 0 Å². The number of anilines is 2. The molecular formula is C28H30Br2N2O8. The Morgan fingerprint density at radius 3 is 1.10 bits per heavy atom. The summed E-state index contributed by atoms with van der Waals surface area (Å²) in [7, 11) is 0. The SMILES string of the molecule is CCOC(=O)C1(C(=O)OCC)[C@@H]2c3cc(N)c(Br)cc3[C@@H](c3cc(N)c(Br)cc32)C1(C(=O)OCC)C(=O)OCC. The van der Waals surface area contributed by atoms with Crippen LogP contribution in [0.15, 0.2) is 33.2 Å². The number of carbonyl (C=O) groups excluding carboxylic acids is 4. The summed E-state index contributed by atoms with van der Waals surface area (Å²) in [4.78, 5) is 57.5. The number of carbonyl (C=O) groups is 4. The summed E-state index contributed by atoms with van der Waals surface area (Å²) in [6, 6.07) is 6.60. The molecule has 5 rings (SSSR count). The van der Waals surface area contributed by atoms with E-state index in [1.807, 2.05) is 0 Å². The molecule has 0 saturated heterocycles.